The van der Waals surface area contributed by atoms with Crippen molar-refractivity contribution in [3.63, 3.8) is 0 Å². The van der Waals surface area contributed by atoms with Gasteiger partial charge >= 0.3 is 0 Å². The summed E-state index contributed by atoms with van der Waals surface area (Å²) in [5, 5.41) is 7.95. The lowest BCUT2D eigenvalue weighted by atomic mass is 10.0. The van der Waals surface area contributed by atoms with E-state index in [4.69, 9.17) is 10.2 Å². The molecule has 2 rings (SSSR count). The van der Waals surface area contributed by atoms with Crippen LogP contribution >= 0.6 is 0 Å². The van der Waals surface area contributed by atoms with Crippen LogP contribution in [0.1, 0.15) is 31.2 Å². The first-order valence-electron chi connectivity index (χ1n) is 5.83. The quantitative estimate of drug-likeness (QED) is 0.877. The molecule has 0 radical (unpaired) electrons. The summed E-state index contributed by atoms with van der Waals surface area (Å²) in [6, 6.07) is 8.20. The van der Waals surface area contributed by atoms with Gasteiger partial charge < -0.3 is 10.2 Å². The first-order valence-corrected chi connectivity index (χ1v) is 5.83. The molecule has 0 saturated heterocycles. The Balaban J connectivity index is 2.21. The summed E-state index contributed by atoms with van der Waals surface area (Å²) in [7, 11) is 0. The SMILES string of the molecule is CC(C)c1ccc(-c2nnc(CCN)o2)cc1. The van der Waals surface area contributed by atoms with Crippen LogP contribution in [0, 0.1) is 0 Å². The molecule has 4 nitrogen and oxygen atoms in total. The molecule has 0 saturated carbocycles. The van der Waals surface area contributed by atoms with Gasteiger partial charge in [0.05, 0.1) is 0 Å². The first kappa shape index (κ1) is 11.8. The molecule has 1 aromatic carbocycles. The highest BCUT2D eigenvalue weighted by molar-refractivity contribution is 5.53. The highest BCUT2D eigenvalue weighted by Gasteiger charge is 2.08. The van der Waals surface area contributed by atoms with Crippen LogP contribution in [0.4, 0.5) is 0 Å². The molecule has 0 aliphatic rings. The largest absolute Gasteiger partial charge is 0.421 e. The van der Waals surface area contributed by atoms with Crippen LogP contribution in [0.25, 0.3) is 11.5 Å². The lowest BCUT2D eigenvalue weighted by Gasteiger charge is -2.04. The van der Waals surface area contributed by atoms with Gasteiger partial charge in [0.1, 0.15) is 0 Å². The van der Waals surface area contributed by atoms with Gasteiger partial charge in [-0.25, -0.2) is 0 Å². The van der Waals surface area contributed by atoms with Gasteiger partial charge in [0, 0.05) is 18.5 Å². The predicted molar refractivity (Wildman–Crippen MR) is 66.6 cm³/mol. The van der Waals surface area contributed by atoms with Gasteiger partial charge in [-0.1, -0.05) is 26.0 Å². The first-order chi connectivity index (χ1) is 8.20. The lowest BCUT2D eigenvalue weighted by molar-refractivity contribution is 0.507. The molecule has 4 heteroatoms. The van der Waals surface area contributed by atoms with E-state index in [0.717, 1.165) is 5.56 Å². The zero-order valence-corrected chi connectivity index (χ0v) is 10.2. The van der Waals surface area contributed by atoms with Gasteiger partial charge in [0.25, 0.3) is 0 Å². The summed E-state index contributed by atoms with van der Waals surface area (Å²) in [6.07, 6.45) is 0.622. The highest BCUT2D eigenvalue weighted by Crippen LogP contribution is 2.21. The molecule has 17 heavy (non-hydrogen) atoms. The average Bonchev–Trinajstić information content (AvgIpc) is 2.78. The number of aromatic nitrogens is 2. The fourth-order valence-electron chi connectivity index (χ4n) is 1.61. The number of nitrogens with two attached hydrogens (primary N) is 1. The van der Waals surface area contributed by atoms with Gasteiger partial charge in [-0.05, 0) is 23.6 Å². The summed E-state index contributed by atoms with van der Waals surface area (Å²) >= 11 is 0. The minimum Gasteiger partial charge on any atom is -0.421 e. The molecule has 0 atom stereocenters. The summed E-state index contributed by atoms with van der Waals surface area (Å²) in [4.78, 5) is 0. The highest BCUT2D eigenvalue weighted by atomic mass is 16.4. The summed E-state index contributed by atoms with van der Waals surface area (Å²) in [5.74, 6) is 1.68. The normalized spacial score (nSPS) is 11.1. The van der Waals surface area contributed by atoms with Crippen molar-refractivity contribution in [2.45, 2.75) is 26.2 Å². The smallest absolute Gasteiger partial charge is 0.247 e. The molecule has 0 fully saturated rings. The second-order valence-corrected chi connectivity index (χ2v) is 4.32. The van der Waals surface area contributed by atoms with E-state index in [2.05, 4.69) is 36.2 Å². The van der Waals surface area contributed by atoms with Crippen LogP contribution in [0.2, 0.25) is 0 Å². The lowest BCUT2D eigenvalue weighted by Crippen LogP contribution is -2.02. The summed E-state index contributed by atoms with van der Waals surface area (Å²) < 4.78 is 5.51. The molecule has 0 bridgehead atoms. The van der Waals surface area contributed by atoms with Crippen LogP contribution in [0.3, 0.4) is 0 Å². The van der Waals surface area contributed by atoms with E-state index >= 15 is 0 Å². The molecule has 2 aromatic rings. The predicted octanol–water partition coefficient (Wildman–Crippen LogP) is 2.36. The standard InChI is InChI=1S/C13H17N3O/c1-9(2)10-3-5-11(6-4-10)13-16-15-12(17-13)7-8-14/h3-6,9H,7-8,14H2,1-2H3. The molecule has 90 valence electrons. The number of rotatable bonds is 4. The van der Waals surface area contributed by atoms with Crippen molar-refractivity contribution >= 4 is 0 Å². The van der Waals surface area contributed by atoms with Crippen LogP contribution in [0.15, 0.2) is 28.7 Å². The van der Waals surface area contributed by atoms with Gasteiger partial charge in [-0.3, -0.25) is 0 Å². The maximum atomic E-state index is 5.51. The van der Waals surface area contributed by atoms with Crippen molar-refractivity contribution in [1.29, 1.82) is 0 Å². The Morgan fingerprint density at radius 1 is 1.18 bits per heavy atom. The summed E-state index contributed by atoms with van der Waals surface area (Å²) in [5.41, 5.74) is 7.68. The third kappa shape index (κ3) is 2.71. The molecule has 1 heterocycles. The van der Waals surface area contributed by atoms with Crippen LogP contribution < -0.4 is 5.73 Å². The van der Waals surface area contributed by atoms with Crippen LogP contribution in [-0.4, -0.2) is 16.7 Å². The van der Waals surface area contributed by atoms with E-state index < -0.39 is 0 Å². The minimum atomic E-state index is 0.522. The monoisotopic (exact) mass is 231 g/mol. The Kier molecular flexibility index (Phi) is 3.54. The number of hydrogen-bond donors (Lipinski definition) is 1. The summed E-state index contributed by atoms with van der Waals surface area (Å²) in [6.45, 7) is 4.86. The fraction of sp³-hybridized carbons (Fsp3) is 0.385. The number of nitrogens with zero attached hydrogens (tertiary/aromatic N) is 2. The molecule has 0 spiro atoms. The molecule has 0 amide bonds. The Labute approximate surface area is 101 Å². The second-order valence-electron chi connectivity index (χ2n) is 4.32. The van der Waals surface area contributed by atoms with Gasteiger partial charge in [-0.15, -0.1) is 10.2 Å². The van der Waals surface area contributed by atoms with Crippen molar-refractivity contribution in [1.82, 2.24) is 10.2 Å². The van der Waals surface area contributed by atoms with E-state index in [-0.39, 0.29) is 0 Å². The minimum absolute atomic E-state index is 0.522. The third-order valence-electron chi connectivity index (χ3n) is 2.65. The maximum absolute atomic E-state index is 5.51. The maximum Gasteiger partial charge on any atom is 0.247 e. The molecule has 0 unspecified atom stereocenters. The molecule has 2 N–H and O–H groups in total. The van der Waals surface area contributed by atoms with Crippen LogP contribution in [0.5, 0.6) is 0 Å². The Morgan fingerprint density at radius 2 is 1.88 bits per heavy atom. The zero-order chi connectivity index (χ0) is 12.3. The van der Waals surface area contributed by atoms with E-state index in [1.165, 1.54) is 5.56 Å². The Hall–Kier alpha value is -1.68. The van der Waals surface area contributed by atoms with Crippen LogP contribution in [-0.2, 0) is 6.42 Å². The van der Waals surface area contributed by atoms with Crippen molar-refractivity contribution in [3.05, 3.63) is 35.7 Å². The van der Waals surface area contributed by atoms with E-state index in [9.17, 15) is 0 Å². The average molecular weight is 231 g/mol. The number of hydrogen-bond acceptors (Lipinski definition) is 4. The van der Waals surface area contributed by atoms with Crippen molar-refractivity contribution in [3.8, 4) is 11.5 Å². The Bertz CT molecular complexity index is 474. The van der Waals surface area contributed by atoms with Crippen molar-refractivity contribution in [2.75, 3.05) is 6.54 Å². The fourth-order valence-corrected chi connectivity index (χ4v) is 1.61. The van der Waals surface area contributed by atoms with Crippen molar-refractivity contribution in [2.24, 2.45) is 5.73 Å². The van der Waals surface area contributed by atoms with E-state index in [1.807, 2.05) is 12.1 Å². The molecule has 1 aromatic heterocycles. The van der Waals surface area contributed by atoms with E-state index in [1.54, 1.807) is 0 Å². The van der Waals surface area contributed by atoms with Crippen molar-refractivity contribution < 1.29 is 4.42 Å². The van der Waals surface area contributed by atoms with Gasteiger partial charge in [0.15, 0.2) is 0 Å². The van der Waals surface area contributed by atoms with E-state index in [0.29, 0.717) is 30.7 Å². The molecule has 0 aliphatic carbocycles. The Morgan fingerprint density at radius 3 is 2.47 bits per heavy atom. The number of benzene rings is 1. The molecular formula is C13H17N3O. The molecular weight excluding hydrogens is 214 g/mol. The second kappa shape index (κ2) is 5.10. The molecule has 0 aliphatic heterocycles. The third-order valence-corrected chi connectivity index (χ3v) is 2.65. The topological polar surface area (TPSA) is 64.9 Å². The van der Waals surface area contributed by atoms with Gasteiger partial charge in [0.2, 0.25) is 11.8 Å². The van der Waals surface area contributed by atoms with Gasteiger partial charge in [-0.2, -0.15) is 0 Å². The zero-order valence-electron chi connectivity index (χ0n) is 10.2.